The Morgan fingerprint density at radius 2 is 2.09 bits per heavy atom. The van der Waals surface area contributed by atoms with Gasteiger partial charge in [-0.3, -0.25) is 9.13 Å². The van der Waals surface area contributed by atoms with Crippen molar-refractivity contribution in [1.29, 1.82) is 0 Å². The zero-order chi connectivity index (χ0) is 15.5. The van der Waals surface area contributed by atoms with E-state index in [1.54, 1.807) is 0 Å². The maximum absolute atomic E-state index is 12.8. The van der Waals surface area contributed by atoms with Crippen molar-refractivity contribution in [2.45, 2.75) is 17.5 Å². The number of hydrogen-bond donors (Lipinski definition) is 0. The lowest BCUT2D eigenvalue weighted by Gasteiger charge is -2.27. The number of imidazole rings is 1. The van der Waals surface area contributed by atoms with Crippen LogP contribution in [0.3, 0.4) is 0 Å². The number of nitrogens with zero attached hydrogens (tertiary/aromatic N) is 6. The third-order valence-corrected chi connectivity index (χ3v) is 4.41. The molecule has 0 spiro atoms. The Morgan fingerprint density at radius 3 is 2.82 bits per heavy atom. The van der Waals surface area contributed by atoms with E-state index in [1.165, 1.54) is 24.2 Å². The van der Waals surface area contributed by atoms with Crippen molar-refractivity contribution in [3.63, 3.8) is 0 Å². The van der Waals surface area contributed by atoms with Crippen LogP contribution in [0.5, 0.6) is 0 Å². The van der Waals surface area contributed by atoms with Gasteiger partial charge in [-0.05, 0) is 0 Å². The Kier molecular flexibility index (Phi) is 4.57. The highest BCUT2D eigenvalue weighted by atomic mass is 32.2. The summed E-state index contributed by atoms with van der Waals surface area (Å²) in [6.07, 6.45) is 2.65. The summed E-state index contributed by atoms with van der Waals surface area (Å²) >= 11 is 1.34. The molecule has 0 unspecified atom stereocenters. The van der Waals surface area contributed by atoms with Crippen LogP contribution < -0.4 is 4.90 Å². The Morgan fingerprint density at radius 1 is 1.32 bits per heavy atom. The molecule has 2 aromatic rings. The highest BCUT2D eigenvalue weighted by Gasteiger charge is 2.19. The number of halogens is 2. The molecular weight excluding hydrogens is 314 g/mol. The molecule has 0 amide bonds. The van der Waals surface area contributed by atoms with Crippen LogP contribution in [-0.2, 0) is 17.5 Å². The van der Waals surface area contributed by atoms with E-state index in [-0.39, 0.29) is 0 Å². The second-order valence-electron chi connectivity index (χ2n) is 4.76. The first kappa shape index (κ1) is 15.2. The molecule has 22 heavy (non-hydrogen) atoms. The van der Waals surface area contributed by atoms with E-state index >= 15 is 0 Å². The average Bonchev–Trinajstić information content (AvgIpc) is 3.13. The molecule has 0 aliphatic carbocycles. The van der Waals surface area contributed by atoms with Gasteiger partial charge in [0.15, 0.2) is 5.16 Å². The van der Waals surface area contributed by atoms with Gasteiger partial charge in [0, 0.05) is 32.5 Å². The second-order valence-corrected chi connectivity index (χ2v) is 5.70. The number of aromatic nitrogens is 5. The van der Waals surface area contributed by atoms with Crippen LogP contribution in [0.25, 0.3) is 0 Å². The third kappa shape index (κ3) is 3.07. The molecule has 3 heterocycles. The highest BCUT2D eigenvalue weighted by molar-refractivity contribution is 7.98. The standard InChI is InChI=1S/C12H16F2N6OS/c1-18-11(19-4-6-21-7-5-19)16-17-12(18)22-8-9-15-2-3-20(9)10(13)14/h2-3,10H,4-8H2,1H3. The van der Waals surface area contributed by atoms with Gasteiger partial charge in [0.05, 0.1) is 19.0 Å². The minimum Gasteiger partial charge on any atom is -0.378 e. The maximum Gasteiger partial charge on any atom is 0.319 e. The van der Waals surface area contributed by atoms with Gasteiger partial charge in [-0.15, -0.1) is 10.2 Å². The zero-order valence-corrected chi connectivity index (χ0v) is 12.8. The summed E-state index contributed by atoms with van der Waals surface area (Å²) in [6.45, 7) is 0.294. The number of morpholine rings is 1. The van der Waals surface area contributed by atoms with Crippen LogP contribution >= 0.6 is 11.8 Å². The average molecular weight is 330 g/mol. The van der Waals surface area contributed by atoms with E-state index in [0.29, 0.717) is 29.9 Å². The Bertz CT molecular complexity index is 625. The fourth-order valence-electron chi connectivity index (χ4n) is 2.23. The van der Waals surface area contributed by atoms with Crippen LogP contribution in [0.1, 0.15) is 12.4 Å². The van der Waals surface area contributed by atoms with Crippen molar-refractivity contribution < 1.29 is 13.5 Å². The van der Waals surface area contributed by atoms with Gasteiger partial charge in [0.25, 0.3) is 0 Å². The van der Waals surface area contributed by atoms with Gasteiger partial charge < -0.3 is 9.64 Å². The normalized spacial score (nSPS) is 15.7. The molecular formula is C12H16F2N6OS. The predicted molar refractivity (Wildman–Crippen MR) is 77.1 cm³/mol. The van der Waals surface area contributed by atoms with E-state index in [2.05, 4.69) is 20.1 Å². The van der Waals surface area contributed by atoms with E-state index in [4.69, 9.17) is 4.74 Å². The van der Waals surface area contributed by atoms with Crippen LogP contribution in [0.4, 0.5) is 14.7 Å². The van der Waals surface area contributed by atoms with Crippen molar-refractivity contribution in [2.24, 2.45) is 7.05 Å². The number of ether oxygens (including phenoxy) is 1. The van der Waals surface area contributed by atoms with Crippen molar-refractivity contribution in [3.05, 3.63) is 18.2 Å². The van der Waals surface area contributed by atoms with Gasteiger partial charge in [-0.25, -0.2) is 4.98 Å². The van der Waals surface area contributed by atoms with Crippen LogP contribution in [0, 0.1) is 0 Å². The molecule has 120 valence electrons. The van der Waals surface area contributed by atoms with E-state index < -0.39 is 6.55 Å². The smallest absolute Gasteiger partial charge is 0.319 e. The fraction of sp³-hybridized carbons (Fsp3) is 0.583. The van der Waals surface area contributed by atoms with E-state index in [0.717, 1.165) is 23.6 Å². The third-order valence-electron chi connectivity index (χ3n) is 3.40. The second kappa shape index (κ2) is 6.61. The Labute approximate surface area is 130 Å². The molecule has 0 saturated carbocycles. The first-order valence-electron chi connectivity index (χ1n) is 6.81. The molecule has 1 fully saturated rings. The van der Waals surface area contributed by atoms with Gasteiger partial charge in [0.1, 0.15) is 5.82 Å². The number of rotatable bonds is 5. The molecule has 7 nitrogen and oxygen atoms in total. The molecule has 3 rings (SSSR count). The van der Waals surface area contributed by atoms with E-state index in [1.807, 2.05) is 11.6 Å². The molecule has 0 atom stereocenters. The lowest BCUT2D eigenvalue weighted by Crippen LogP contribution is -2.37. The van der Waals surface area contributed by atoms with Crippen LogP contribution in [-0.4, -0.2) is 50.6 Å². The summed E-state index contributed by atoms with van der Waals surface area (Å²) < 4.78 is 33.6. The number of thioether (sulfide) groups is 1. The molecule has 0 radical (unpaired) electrons. The number of hydrogen-bond acceptors (Lipinski definition) is 6. The summed E-state index contributed by atoms with van der Waals surface area (Å²) in [5.41, 5.74) is 0. The highest BCUT2D eigenvalue weighted by Crippen LogP contribution is 2.25. The summed E-state index contributed by atoms with van der Waals surface area (Å²) in [5, 5.41) is 8.99. The number of anilines is 1. The van der Waals surface area contributed by atoms with Crippen molar-refractivity contribution in [3.8, 4) is 0 Å². The molecule has 0 N–H and O–H groups in total. The van der Waals surface area contributed by atoms with Crippen molar-refractivity contribution in [2.75, 3.05) is 31.2 Å². The fourth-order valence-corrected chi connectivity index (χ4v) is 3.09. The topological polar surface area (TPSA) is 61.0 Å². The van der Waals surface area contributed by atoms with Gasteiger partial charge >= 0.3 is 6.55 Å². The summed E-state index contributed by atoms with van der Waals surface area (Å²) in [7, 11) is 1.87. The van der Waals surface area contributed by atoms with Crippen LogP contribution in [0.15, 0.2) is 17.6 Å². The Hall–Kier alpha value is -1.68. The predicted octanol–water partition coefficient (Wildman–Crippen LogP) is 1.54. The van der Waals surface area contributed by atoms with Crippen molar-refractivity contribution >= 4 is 17.7 Å². The molecule has 0 aromatic carbocycles. The zero-order valence-electron chi connectivity index (χ0n) is 12.0. The van der Waals surface area contributed by atoms with Crippen molar-refractivity contribution in [1.82, 2.24) is 24.3 Å². The lowest BCUT2D eigenvalue weighted by atomic mass is 10.4. The first-order valence-corrected chi connectivity index (χ1v) is 7.80. The van der Waals surface area contributed by atoms with Gasteiger partial charge in [-0.2, -0.15) is 8.78 Å². The summed E-state index contributed by atoms with van der Waals surface area (Å²) in [4.78, 5) is 6.05. The molecule has 10 heteroatoms. The van der Waals surface area contributed by atoms with Gasteiger partial charge in [-0.1, -0.05) is 11.8 Å². The van der Waals surface area contributed by atoms with E-state index in [9.17, 15) is 8.78 Å². The summed E-state index contributed by atoms with van der Waals surface area (Å²) in [6, 6.07) is 0. The molecule has 0 bridgehead atoms. The largest absolute Gasteiger partial charge is 0.378 e. The molecule has 2 aromatic heterocycles. The minimum atomic E-state index is -2.58. The van der Waals surface area contributed by atoms with Crippen LogP contribution in [0.2, 0.25) is 0 Å². The van der Waals surface area contributed by atoms with Gasteiger partial charge in [0.2, 0.25) is 5.95 Å². The molecule has 1 aliphatic rings. The minimum absolute atomic E-state index is 0.312. The first-order chi connectivity index (χ1) is 10.7. The lowest BCUT2D eigenvalue weighted by molar-refractivity contribution is 0.0678. The molecule has 1 saturated heterocycles. The molecule has 1 aliphatic heterocycles. The number of alkyl halides is 2. The maximum atomic E-state index is 12.8. The monoisotopic (exact) mass is 330 g/mol. The quantitative estimate of drug-likeness (QED) is 0.775. The Balaban J connectivity index is 1.68. The SMILES string of the molecule is Cn1c(SCc2nccn2C(F)F)nnc1N1CCOCC1. The summed E-state index contributed by atoms with van der Waals surface area (Å²) in [5.74, 6) is 1.39.